The van der Waals surface area contributed by atoms with Crippen LogP contribution >= 0.6 is 0 Å². The van der Waals surface area contributed by atoms with Gasteiger partial charge in [-0.3, -0.25) is 0 Å². The van der Waals surface area contributed by atoms with Crippen LogP contribution in [-0.4, -0.2) is 21.9 Å². The molecule has 0 aliphatic carbocycles. The maximum Gasteiger partial charge on any atom is 0.338 e. The molecule has 8 heteroatoms. The van der Waals surface area contributed by atoms with E-state index < -0.39 is 25.2 Å². The van der Waals surface area contributed by atoms with Crippen molar-refractivity contribution in [2.24, 2.45) is 0 Å². The van der Waals surface area contributed by atoms with Crippen LogP contribution in [0.2, 0.25) is 0 Å². The lowest BCUT2D eigenvalue weighted by atomic mass is 10.1. The molecule has 8 nitrogen and oxygen atoms in total. The van der Waals surface area contributed by atoms with Crippen molar-refractivity contribution in [3.8, 4) is 0 Å². The topological polar surface area (TPSA) is 101 Å². The summed E-state index contributed by atoms with van der Waals surface area (Å²) in [6.07, 6.45) is 0. The number of nitrogens with zero attached hydrogens (tertiary/aromatic N) is 2. The molecule has 0 aliphatic rings. The summed E-state index contributed by atoms with van der Waals surface area (Å²) in [7, 11) is 0. The number of benzene rings is 3. The number of aromatic nitrogens is 2. The standard InChI is InChI=1S/C26H23N2O6/c1-17-7-5-9-19(13-17)25(29)33-15-23-24(16-34-26(30)20-10-6-8-18(2)14-20)28(32)22-12-4-3-11-21(22)27(23)31/h3-14,31H,15-16H2,1-2H3/q+1. The summed E-state index contributed by atoms with van der Waals surface area (Å²) in [6.45, 7) is 2.86. The fraction of sp³-hybridized carbons (Fsp3) is 0.154. The molecule has 0 aliphatic heterocycles. The normalized spacial score (nSPS) is 10.8. The van der Waals surface area contributed by atoms with E-state index in [0.29, 0.717) is 15.6 Å². The second-order valence-corrected chi connectivity index (χ2v) is 7.88. The van der Waals surface area contributed by atoms with E-state index in [1.807, 2.05) is 26.0 Å². The number of esters is 2. The van der Waals surface area contributed by atoms with E-state index in [1.54, 1.807) is 54.6 Å². The van der Waals surface area contributed by atoms with Crippen molar-refractivity contribution < 1.29 is 28.7 Å². The number of aryl methyl sites for hydroxylation is 2. The lowest BCUT2D eigenvalue weighted by Gasteiger charge is -2.11. The minimum absolute atomic E-state index is 0.00764. The van der Waals surface area contributed by atoms with Gasteiger partial charge in [-0.15, -0.1) is 0 Å². The van der Waals surface area contributed by atoms with Crippen LogP contribution in [0.15, 0.2) is 72.8 Å². The first-order chi connectivity index (χ1) is 16.3. The van der Waals surface area contributed by atoms with Crippen LogP contribution in [0.4, 0.5) is 0 Å². The van der Waals surface area contributed by atoms with Gasteiger partial charge in [-0.25, -0.2) is 9.59 Å². The second-order valence-electron chi connectivity index (χ2n) is 7.88. The van der Waals surface area contributed by atoms with Gasteiger partial charge in [-0.1, -0.05) is 47.5 Å². The van der Waals surface area contributed by atoms with Gasteiger partial charge in [0.1, 0.15) is 6.61 Å². The molecule has 3 aromatic carbocycles. The third-order valence-electron chi connectivity index (χ3n) is 5.35. The number of carbonyl (C=O) groups is 2. The van der Waals surface area contributed by atoms with E-state index in [1.165, 1.54) is 6.07 Å². The predicted molar refractivity (Wildman–Crippen MR) is 123 cm³/mol. The molecule has 1 heterocycles. The number of hydrogen-bond donors (Lipinski definition) is 1. The van der Waals surface area contributed by atoms with Gasteiger partial charge in [0, 0.05) is 11.0 Å². The second kappa shape index (κ2) is 9.58. The van der Waals surface area contributed by atoms with Crippen molar-refractivity contribution in [3.05, 3.63) is 111 Å². The molecule has 0 saturated heterocycles. The van der Waals surface area contributed by atoms with E-state index in [0.717, 1.165) is 15.9 Å². The molecule has 0 amide bonds. The number of rotatable bonds is 6. The minimum Gasteiger partial charge on any atom is -0.455 e. The fourth-order valence-electron chi connectivity index (χ4n) is 3.61. The van der Waals surface area contributed by atoms with Crippen molar-refractivity contribution >= 4 is 23.0 Å². The van der Waals surface area contributed by atoms with Crippen LogP contribution in [-0.2, 0) is 22.7 Å². The molecule has 4 rings (SSSR count). The van der Waals surface area contributed by atoms with Crippen molar-refractivity contribution in [2.45, 2.75) is 27.1 Å². The maximum absolute atomic E-state index is 13.1. The van der Waals surface area contributed by atoms with Crippen LogP contribution in [0.1, 0.15) is 43.2 Å². The molecule has 1 aromatic heterocycles. The Balaban J connectivity index is 1.66. The average Bonchev–Trinajstić information content (AvgIpc) is 2.84. The van der Waals surface area contributed by atoms with Gasteiger partial charge in [-0.05, 0) is 44.2 Å². The average molecular weight is 459 g/mol. The summed E-state index contributed by atoms with van der Waals surface area (Å²) in [6, 6.07) is 20.1. The van der Waals surface area contributed by atoms with E-state index in [9.17, 15) is 19.7 Å². The van der Waals surface area contributed by atoms with E-state index in [2.05, 4.69) is 0 Å². The lowest BCUT2D eigenvalue weighted by molar-refractivity contribution is -0.480. The third kappa shape index (κ3) is 4.66. The van der Waals surface area contributed by atoms with Crippen molar-refractivity contribution in [3.63, 3.8) is 0 Å². The Bertz CT molecular complexity index is 1460. The van der Waals surface area contributed by atoms with Gasteiger partial charge in [0.15, 0.2) is 17.8 Å². The summed E-state index contributed by atoms with van der Waals surface area (Å²) in [5.74, 6) is -1.24. The molecule has 0 unspecified atom stereocenters. The Morgan fingerprint density at radius 1 is 0.824 bits per heavy atom. The molecule has 0 fully saturated rings. The Hall–Kier alpha value is -4.46. The highest BCUT2D eigenvalue weighted by Gasteiger charge is 2.27. The van der Waals surface area contributed by atoms with Gasteiger partial charge in [-0.2, -0.15) is 4.73 Å². The number of carbonyl (C=O) groups excluding carboxylic acids is 2. The summed E-state index contributed by atoms with van der Waals surface area (Å²) in [5.41, 5.74) is 2.77. The highest BCUT2D eigenvalue weighted by Crippen LogP contribution is 2.17. The first kappa shape index (κ1) is 22.7. The van der Waals surface area contributed by atoms with E-state index in [-0.39, 0.29) is 22.4 Å². The summed E-state index contributed by atoms with van der Waals surface area (Å²) in [5, 5.41) is 10.8. The fourth-order valence-corrected chi connectivity index (χ4v) is 3.61. The van der Waals surface area contributed by atoms with Gasteiger partial charge < -0.3 is 14.7 Å². The zero-order valence-corrected chi connectivity index (χ0v) is 18.7. The van der Waals surface area contributed by atoms with E-state index >= 15 is 0 Å². The zero-order valence-electron chi connectivity index (χ0n) is 18.7. The van der Waals surface area contributed by atoms with Gasteiger partial charge in [0.05, 0.1) is 15.6 Å². The summed E-state index contributed by atoms with van der Waals surface area (Å²) < 4.78 is 12.1. The third-order valence-corrected chi connectivity index (χ3v) is 5.35. The van der Waals surface area contributed by atoms with E-state index in [4.69, 9.17) is 9.47 Å². The smallest absolute Gasteiger partial charge is 0.338 e. The van der Waals surface area contributed by atoms with Gasteiger partial charge in [0.2, 0.25) is 0 Å². The minimum atomic E-state index is -0.621. The number of para-hydroxylation sites is 2. The SMILES string of the molecule is Cc1cccc(C(=O)OCc2c(COC(=O)c3cccc(C)c3)[n+](=O)c3ccccc3n2O)c1. The van der Waals surface area contributed by atoms with Crippen molar-refractivity contribution in [2.75, 3.05) is 0 Å². The molecule has 0 bridgehead atoms. The number of ether oxygens (including phenoxy) is 2. The molecule has 0 atom stereocenters. The van der Waals surface area contributed by atoms with Crippen LogP contribution in [0, 0.1) is 18.8 Å². The van der Waals surface area contributed by atoms with Crippen LogP contribution in [0.5, 0.6) is 0 Å². The highest BCUT2D eigenvalue weighted by atomic mass is 16.5. The molecule has 172 valence electrons. The summed E-state index contributed by atoms with van der Waals surface area (Å²) >= 11 is 0. The molecule has 0 spiro atoms. The van der Waals surface area contributed by atoms with Crippen molar-refractivity contribution in [1.82, 2.24) is 4.73 Å². The van der Waals surface area contributed by atoms with Crippen LogP contribution < -0.4 is 4.43 Å². The summed E-state index contributed by atoms with van der Waals surface area (Å²) in [4.78, 5) is 38.2. The monoisotopic (exact) mass is 459 g/mol. The highest BCUT2D eigenvalue weighted by molar-refractivity contribution is 5.90. The molecule has 0 saturated carbocycles. The molecule has 4 aromatic rings. The Morgan fingerprint density at radius 2 is 1.38 bits per heavy atom. The van der Waals surface area contributed by atoms with Crippen molar-refractivity contribution in [1.29, 1.82) is 0 Å². The molecular formula is C26H23N2O6+. The quantitative estimate of drug-likeness (QED) is 0.264. The molecule has 1 N–H and O–H groups in total. The Kier molecular flexibility index (Phi) is 6.40. The lowest BCUT2D eigenvalue weighted by Crippen LogP contribution is -2.30. The first-order valence-electron chi connectivity index (χ1n) is 10.6. The molecule has 0 radical (unpaired) electrons. The maximum atomic E-state index is 13.1. The van der Waals surface area contributed by atoms with Crippen LogP contribution in [0.3, 0.4) is 0 Å². The molecular weight excluding hydrogens is 436 g/mol. The van der Waals surface area contributed by atoms with Crippen LogP contribution in [0.25, 0.3) is 11.0 Å². The number of hydrogen-bond acceptors (Lipinski definition) is 6. The van der Waals surface area contributed by atoms with Gasteiger partial charge in [0.25, 0.3) is 5.52 Å². The largest absolute Gasteiger partial charge is 0.455 e. The number of fused-ring (bicyclic) bond motifs is 1. The Morgan fingerprint density at radius 3 is 1.97 bits per heavy atom. The zero-order chi connectivity index (χ0) is 24.2. The predicted octanol–water partition coefficient (Wildman–Crippen LogP) is 4.12. The Labute approximate surface area is 195 Å². The molecule has 34 heavy (non-hydrogen) atoms. The first-order valence-corrected chi connectivity index (χ1v) is 10.6. The van der Waals surface area contributed by atoms with Gasteiger partial charge >= 0.3 is 17.6 Å².